The summed E-state index contributed by atoms with van der Waals surface area (Å²) in [6.07, 6.45) is 0. The van der Waals surface area contributed by atoms with Crippen LogP contribution in [0.25, 0.3) is 0 Å². The molecule has 0 heterocycles. The van der Waals surface area contributed by atoms with Gasteiger partial charge in [0.15, 0.2) is 0 Å². The van der Waals surface area contributed by atoms with Crippen molar-refractivity contribution in [3.63, 3.8) is 0 Å². The molecule has 116 valence electrons. The molecular weight excluding hydrogens is 305 g/mol. The van der Waals surface area contributed by atoms with E-state index in [1.54, 1.807) is 0 Å². The van der Waals surface area contributed by atoms with E-state index >= 15 is 0 Å². The zero-order valence-corrected chi connectivity index (χ0v) is 12.4. The van der Waals surface area contributed by atoms with E-state index in [1.807, 2.05) is 4.72 Å². The number of carbonyl (C=O) groups is 1. The Morgan fingerprint density at radius 3 is 2.48 bits per heavy atom. The standard InChI is InChI=1S/C11H14FN3O5S/c1-7-4-8(12)9(15(17)18)5-10(7)21(19,20)13-6-11(16)14(2)3/h4-5,13H,6H2,1-3H3. The fourth-order valence-electron chi connectivity index (χ4n) is 1.46. The molecule has 0 atom stereocenters. The summed E-state index contributed by atoms with van der Waals surface area (Å²) in [5.74, 6) is -1.62. The maximum absolute atomic E-state index is 13.4. The summed E-state index contributed by atoms with van der Waals surface area (Å²) in [6, 6.07) is 1.40. The number of benzene rings is 1. The van der Waals surface area contributed by atoms with Crippen molar-refractivity contribution in [3.05, 3.63) is 33.6 Å². The quantitative estimate of drug-likeness (QED) is 0.624. The van der Waals surface area contributed by atoms with E-state index in [9.17, 15) is 27.7 Å². The van der Waals surface area contributed by atoms with Crippen LogP contribution < -0.4 is 4.72 Å². The van der Waals surface area contributed by atoms with Crippen LogP contribution in [0.1, 0.15) is 5.56 Å². The van der Waals surface area contributed by atoms with Gasteiger partial charge in [0.1, 0.15) is 0 Å². The maximum Gasteiger partial charge on any atom is 0.306 e. The average molecular weight is 319 g/mol. The number of hydrogen-bond donors (Lipinski definition) is 1. The van der Waals surface area contributed by atoms with E-state index in [2.05, 4.69) is 0 Å². The molecule has 0 aliphatic rings. The molecule has 0 aliphatic carbocycles. The van der Waals surface area contributed by atoms with Gasteiger partial charge in [0.2, 0.25) is 21.7 Å². The number of rotatable bonds is 5. The van der Waals surface area contributed by atoms with E-state index in [1.165, 1.54) is 25.9 Å². The van der Waals surface area contributed by atoms with Crippen molar-refractivity contribution < 1.29 is 22.5 Å². The van der Waals surface area contributed by atoms with Gasteiger partial charge in [-0.25, -0.2) is 13.1 Å². The Bertz CT molecular complexity index is 687. The highest BCUT2D eigenvalue weighted by atomic mass is 32.2. The van der Waals surface area contributed by atoms with Crippen molar-refractivity contribution in [3.8, 4) is 0 Å². The first kappa shape index (κ1) is 17.0. The molecule has 8 nitrogen and oxygen atoms in total. The van der Waals surface area contributed by atoms with Crippen LogP contribution in [-0.2, 0) is 14.8 Å². The highest BCUT2D eigenvalue weighted by Gasteiger charge is 2.24. The number of amides is 1. The molecule has 1 amide bonds. The van der Waals surface area contributed by atoms with Crippen LogP contribution in [0.15, 0.2) is 17.0 Å². The van der Waals surface area contributed by atoms with Crippen LogP contribution in [0, 0.1) is 22.9 Å². The molecule has 0 aromatic heterocycles. The molecule has 0 unspecified atom stereocenters. The molecule has 0 saturated carbocycles. The molecular formula is C11H14FN3O5S. The number of nitro benzene ring substituents is 1. The Balaban J connectivity index is 3.17. The highest BCUT2D eigenvalue weighted by Crippen LogP contribution is 2.25. The molecule has 0 bridgehead atoms. The fourth-order valence-corrected chi connectivity index (χ4v) is 2.68. The molecule has 0 spiro atoms. The second-order valence-electron chi connectivity index (χ2n) is 4.44. The number of hydrogen-bond acceptors (Lipinski definition) is 5. The number of nitro groups is 1. The minimum Gasteiger partial charge on any atom is -0.348 e. The third-order valence-electron chi connectivity index (χ3n) is 2.64. The van der Waals surface area contributed by atoms with Crippen molar-refractivity contribution in [1.29, 1.82) is 0 Å². The number of aryl methyl sites for hydroxylation is 1. The van der Waals surface area contributed by atoms with Gasteiger partial charge in [0.25, 0.3) is 0 Å². The van der Waals surface area contributed by atoms with Gasteiger partial charge in [-0.1, -0.05) is 0 Å². The zero-order chi connectivity index (χ0) is 16.4. The molecule has 1 aromatic carbocycles. The normalized spacial score (nSPS) is 11.2. The maximum atomic E-state index is 13.4. The van der Waals surface area contributed by atoms with Gasteiger partial charge < -0.3 is 4.90 Å². The van der Waals surface area contributed by atoms with E-state index in [0.29, 0.717) is 6.07 Å². The second kappa shape index (κ2) is 6.14. The highest BCUT2D eigenvalue weighted by molar-refractivity contribution is 7.89. The third kappa shape index (κ3) is 3.95. The molecule has 0 aliphatic heterocycles. The van der Waals surface area contributed by atoms with Crippen molar-refractivity contribution in [2.75, 3.05) is 20.6 Å². The molecule has 0 fully saturated rings. The minimum absolute atomic E-state index is 0.00269. The lowest BCUT2D eigenvalue weighted by Gasteiger charge is -2.12. The van der Waals surface area contributed by atoms with Gasteiger partial charge in [-0.05, 0) is 18.6 Å². The average Bonchev–Trinajstić information content (AvgIpc) is 2.34. The van der Waals surface area contributed by atoms with Gasteiger partial charge in [0.05, 0.1) is 16.4 Å². The molecule has 21 heavy (non-hydrogen) atoms. The summed E-state index contributed by atoms with van der Waals surface area (Å²) in [7, 11) is -1.26. The number of likely N-dealkylation sites (N-methyl/N-ethyl adjacent to an activating group) is 1. The SMILES string of the molecule is Cc1cc(F)c([N+](=O)[O-])cc1S(=O)(=O)NCC(=O)N(C)C. The van der Waals surface area contributed by atoms with Gasteiger partial charge in [-0.3, -0.25) is 14.9 Å². The van der Waals surface area contributed by atoms with E-state index in [0.717, 1.165) is 6.07 Å². The largest absolute Gasteiger partial charge is 0.348 e. The molecule has 1 aromatic rings. The number of sulfonamides is 1. The number of halogens is 1. The lowest BCUT2D eigenvalue weighted by Crippen LogP contribution is -2.36. The lowest BCUT2D eigenvalue weighted by molar-refractivity contribution is -0.387. The molecule has 0 radical (unpaired) electrons. The van der Waals surface area contributed by atoms with Crippen molar-refractivity contribution in [2.24, 2.45) is 0 Å². The van der Waals surface area contributed by atoms with Gasteiger partial charge in [-0.2, -0.15) is 4.39 Å². The van der Waals surface area contributed by atoms with E-state index in [4.69, 9.17) is 0 Å². The first-order valence-corrected chi connectivity index (χ1v) is 7.19. The van der Waals surface area contributed by atoms with Crippen LogP contribution in [0.5, 0.6) is 0 Å². The predicted octanol–water partition coefficient (Wildman–Crippen LogP) is 0.409. The Morgan fingerprint density at radius 2 is 2.00 bits per heavy atom. The van der Waals surface area contributed by atoms with E-state index in [-0.39, 0.29) is 5.56 Å². The van der Waals surface area contributed by atoms with Crippen LogP contribution >= 0.6 is 0 Å². The summed E-state index contributed by atoms with van der Waals surface area (Å²) in [5, 5.41) is 10.7. The summed E-state index contributed by atoms with van der Waals surface area (Å²) < 4.78 is 39.5. The van der Waals surface area contributed by atoms with Gasteiger partial charge in [0, 0.05) is 20.2 Å². The monoisotopic (exact) mass is 319 g/mol. The third-order valence-corrected chi connectivity index (χ3v) is 4.19. The summed E-state index contributed by atoms with van der Waals surface area (Å²) in [6.45, 7) is 0.801. The number of nitrogens with zero attached hydrogens (tertiary/aromatic N) is 2. The summed E-state index contributed by atoms with van der Waals surface area (Å²) in [5.41, 5.74) is -0.942. The number of nitrogens with one attached hydrogen (secondary N) is 1. The van der Waals surface area contributed by atoms with Crippen LogP contribution in [-0.4, -0.2) is 44.8 Å². The summed E-state index contributed by atoms with van der Waals surface area (Å²) >= 11 is 0. The molecule has 0 saturated heterocycles. The van der Waals surface area contributed by atoms with E-state index < -0.39 is 43.8 Å². The number of carbonyl (C=O) groups excluding carboxylic acids is 1. The Labute approximate surface area is 120 Å². The molecule has 10 heteroatoms. The second-order valence-corrected chi connectivity index (χ2v) is 6.17. The van der Waals surface area contributed by atoms with Crippen LogP contribution in [0.4, 0.5) is 10.1 Å². The minimum atomic E-state index is -4.16. The van der Waals surface area contributed by atoms with Crippen LogP contribution in [0.3, 0.4) is 0 Å². The topological polar surface area (TPSA) is 110 Å². The molecule has 1 rings (SSSR count). The van der Waals surface area contributed by atoms with Gasteiger partial charge in [-0.15, -0.1) is 0 Å². The Hall–Kier alpha value is -2.07. The van der Waals surface area contributed by atoms with Crippen molar-refractivity contribution in [2.45, 2.75) is 11.8 Å². The zero-order valence-electron chi connectivity index (χ0n) is 11.6. The smallest absolute Gasteiger partial charge is 0.306 e. The first-order valence-electron chi connectivity index (χ1n) is 5.70. The van der Waals surface area contributed by atoms with Gasteiger partial charge >= 0.3 is 5.69 Å². The first-order chi connectivity index (χ1) is 9.56. The fraction of sp³-hybridized carbons (Fsp3) is 0.364. The lowest BCUT2D eigenvalue weighted by atomic mass is 10.2. The Morgan fingerprint density at radius 1 is 1.43 bits per heavy atom. The Kier molecular flexibility index (Phi) is 4.97. The van der Waals surface area contributed by atoms with Crippen molar-refractivity contribution >= 4 is 21.6 Å². The summed E-state index contributed by atoms with van der Waals surface area (Å²) in [4.78, 5) is 21.7. The predicted molar refractivity (Wildman–Crippen MR) is 71.7 cm³/mol. The molecule has 1 N–H and O–H groups in total. The van der Waals surface area contributed by atoms with Crippen molar-refractivity contribution in [1.82, 2.24) is 9.62 Å². The van der Waals surface area contributed by atoms with Crippen LogP contribution in [0.2, 0.25) is 0 Å².